The maximum absolute atomic E-state index is 14.7. The molecule has 0 aliphatic carbocycles. The molecule has 1 aromatic heterocycles. The highest BCUT2D eigenvalue weighted by atomic mass is 19.3. The summed E-state index contributed by atoms with van der Waals surface area (Å²) in [7, 11) is 3.21. The summed E-state index contributed by atoms with van der Waals surface area (Å²) in [4.78, 5) is 14.5. The Morgan fingerprint density at radius 2 is 1.86 bits per heavy atom. The van der Waals surface area contributed by atoms with E-state index in [9.17, 15) is 18.7 Å². The van der Waals surface area contributed by atoms with Crippen molar-refractivity contribution in [1.82, 2.24) is 10.2 Å². The number of amides is 1. The summed E-state index contributed by atoms with van der Waals surface area (Å²) in [6.07, 6.45) is 0. The van der Waals surface area contributed by atoms with E-state index in [0.29, 0.717) is 17.1 Å². The molecule has 4 rings (SSSR count). The predicted octanol–water partition coefficient (Wildman–Crippen LogP) is 4.81. The number of methoxy groups -OCH3 is 1. The van der Waals surface area contributed by atoms with Gasteiger partial charge in [-0.3, -0.25) is 4.79 Å². The highest BCUT2D eigenvalue weighted by Crippen LogP contribution is 2.45. The van der Waals surface area contributed by atoms with Gasteiger partial charge >= 0.3 is 5.92 Å². The van der Waals surface area contributed by atoms with E-state index < -0.39 is 23.2 Å². The molecule has 3 aromatic rings. The van der Waals surface area contributed by atoms with Gasteiger partial charge in [0.25, 0.3) is 5.91 Å². The smallest absolute Gasteiger partial charge is 0.300 e. The zero-order chi connectivity index (χ0) is 25.9. The van der Waals surface area contributed by atoms with Crippen LogP contribution in [-0.4, -0.2) is 41.0 Å². The molecule has 9 heteroatoms. The second-order valence-corrected chi connectivity index (χ2v) is 9.78. The third-order valence-corrected chi connectivity index (χ3v) is 6.95. The number of benzene rings is 2. The summed E-state index contributed by atoms with van der Waals surface area (Å²) in [6.45, 7) is 7.57. The van der Waals surface area contributed by atoms with Gasteiger partial charge in [-0.05, 0) is 58.4 Å². The lowest BCUT2D eigenvalue weighted by Gasteiger charge is -2.30. The molecule has 0 bridgehead atoms. The maximum atomic E-state index is 14.7. The Kier molecular flexibility index (Phi) is 5.84. The fraction of sp³-hybridized carbons (Fsp3) is 0.423. The van der Waals surface area contributed by atoms with Crippen LogP contribution in [0.15, 0.2) is 36.4 Å². The summed E-state index contributed by atoms with van der Waals surface area (Å²) < 4.78 is 35.1. The highest BCUT2D eigenvalue weighted by Gasteiger charge is 2.48. The zero-order valence-corrected chi connectivity index (χ0v) is 20.9. The molecular weight excluding hydrogens is 454 g/mol. The minimum Gasteiger partial charge on any atom is -0.384 e. The van der Waals surface area contributed by atoms with Crippen molar-refractivity contribution in [1.29, 1.82) is 0 Å². The molecule has 0 saturated carbocycles. The number of hydrogen-bond donors (Lipinski definition) is 2. The van der Waals surface area contributed by atoms with Crippen LogP contribution in [0.2, 0.25) is 0 Å². The third-order valence-electron chi connectivity index (χ3n) is 6.95. The van der Waals surface area contributed by atoms with E-state index in [2.05, 4.69) is 15.5 Å². The van der Waals surface area contributed by atoms with Crippen molar-refractivity contribution < 1.29 is 23.4 Å². The molecule has 2 aromatic carbocycles. The first-order valence-electron chi connectivity index (χ1n) is 11.3. The number of carbonyl (C=O) groups excluding carboxylic acids is 1. The fourth-order valence-electron chi connectivity index (χ4n) is 4.47. The number of halogens is 2. The van der Waals surface area contributed by atoms with Crippen molar-refractivity contribution in [3.63, 3.8) is 0 Å². The monoisotopic (exact) mass is 484 g/mol. The summed E-state index contributed by atoms with van der Waals surface area (Å²) in [6, 6.07) is 9.34. The molecule has 186 valence electrons. The first kappa shape index (κ1) is 24.9. The molecule has 0 saturated heterocycles. The van der Waals surface area contributed by atoms with Gasteiger partial charge in [0.2, 0.25) is 0 Å². The quantitative estimate of drug-likeness (QED) is 0.522. The topological polar surface area (TPSA) is 87.6 Å². The predicted molar refractivity (Wildman–Crippen MR) is 131 cm³/mol. The number of hydrogen-bond acceptors (Lipinski definition) is 6. The van der Waals surface area contributed by atoms with Gasteiger partial charge < -0.3 is 20.1 Å². The Hall–Kier alpha value is -3.17. The number of likely N-dealkylation sites (N-methyl/N-ethyl adjacent to an activating group) is 1. The Balaban J connectivity index is 1.77. The van der Waals surface area contributed by atoms with Gasteiger partial charge in [0, 0.05) is 36.1 Å². The number of aryl methyl sites for hydroxylation is 1. The lowest BCUT2D eigenvalue weighted by molar-refractivity contribution is -0.168. The van der Waals surface area contributed by atoms with Gasteiger partial charge in [-0.1, -0.05) is 18.2 Å². The van der Waals surface area contributed by atoms with E-state index in [-0.39, 0.29) is 11.5 Å². The van der Waals surface area contributed by atoms with Crippen LogP contribution in [0.4, 0.5) is 20.3 Å². The number of aromatic nitrogens is 2. The second kappa shape index (κ2) is 8.20. The van der Waals surface area contributed by atoms with Gasteiger partial charge in [0.15, 0.2) is 11.4 Å². The Labute approximate surface area is 203 Å². The standard InChI is InChI=1S/C26H30F2N4O3/c1-14(16-9-8-10-17(11-16)26(27,28)24(3,4)34)29-22-19-12-20-21(13-18(19)15(2)30-31-22)32(6)23(33)25(20,5)35-7/h8-14,34H,1-7H3,(H,29,31)/t14-,25?/m1/s1. The third kappa shape index (κ3) is 3.83. The fourth-order valence-corrected chi connectivity index (χ4v) is 4.47. The normalized spacial score (nSPS) is 19.3. The van der Waals surface area contributed by atoms with E-state index in [1.54, 1.807) is 31.0 Å². The maximum Gasteiger partial charge on any atom is 0.300 e. The van der Waals surface area contributed by atoms with Crippen LogP contribution in [0.25, 0.3) is 10.8 Å². The Bertz CT molecular complexity index is 1320. The Morgan fingerprint density at radius 1 is 1.17 bits per heavy atom. The summed E-state index contributed by atoms with van der Waals surface area (Å²) >= 11 is 0. The number of anilines is 2. The number of ether oxygens (including phenoxy) is 1. The van der Waals surface area contributed by atoms with Crippen molar-refractivity contribution in [3.05, 3.63) is 58.8 Å². The molecule has 1 unspecified atom stereocenters. The molecular formula is C26H30F2N4O3. The van der Waals surface area contributed by atoms with Crippen LogP contribution < -0.4 is 10.2 Å². The minimum absolute atomic E-state index is 0.170. The number of fused-ring (bicyclic) bond motifs is 2. The molecule has 0 radical (unpaired) electrons. The number of aliphatic hydroxyl groups is 1. The van der Waals surface area contributed by atoms with Crippen molar-refractivity contribution >= 4 is 28.2 Å². The highest BCUT2D eigenvalue weighted by molar-refractivity contribution is 6.10. The van der Waals surface area contributed by atoms with Crippen molar-refractivity contribution in [2.24, 2.45) is 0 Å². The lowest BCUT2D eigenvalue weighted by Crippen LogP contribution is -2.40. The summed E-state index contributed by atoms with van der Waals surface area (Å²) in [5.41, 5.74) is -0.862. The number of nitrogens with one attached hydrogen (secondary N) is 1. The van der Waals surface area contributed by atoms with Crippen LogP contribution in [-0.2, 0) is 21.1 Å². The van der Waals surface area contributed by atoms with Gasteiger partial charge in [-0.2, -0.15) is 13.9 Å². The summed E-state index contributed by atoms with van der Waals surface area (Å²) in [5.74, 6) is -3.14. The molecule has 1 amide bonds. The molecule has 1 aliphatic heterocycles. The molecule has 2 heterocycles. The molecule has 7 nitrogen and oxygen atoms in total. The Morgan fingerprint density at radius 3 is 2.49 bits per heavy atom. The van der Waals surface area contributed by atoms with Gasteiger partial charge in [-0.25, -0.2) is 0 Å². The molecule has 35 heavy (non-hydrogen) atoms. The van der Waals surface area contributed by atoms with Crippen LogP contribution in [0.3, 0.4) is 0 Å². The first-order chi connectivity index (χ1) is 16.2. The molecule has 2 atom stereocenters. The average Bonchev–Trinajstić information content (AvgIpc) is 3.00. The van der Waals surface area contributed by atoms with Gasteiger partial charge in [0.1, 0.15) is 5.60 Å². The van der Waals surface area contributed by atoms with Gasteiger partial charge in [0.05, 0.1) is 17.4 Å². The van der Waals surface area contributed by atoms with Crippen LogP contribution in [0.5, 0.6) is 0 Å². The van der Waals surface area contributed by atoms with Crippen LogP contribution >= 0.6 is 0 Å². The first-order valence-corrected chi connectivity index (χ1v) is 11.3. The molecule has 1 aliphatic rings. The van der Waals surface area contributed by atoms with E-state index in [0.717, 1.165) is 35.9 Å². The zero-order valence-electron chi connectivity index (χ0n) is 20.9. The van der Waals surface area contributed by atoms with Crippen molar-refractivity contribution in [3.8, 4) is 0 Å². The lowest BCUT2D eigenvalue weighted by atomic mass is 9.91. The van der Waals surface area contributed by atoms with E-state index in [4.69, 9.17) is 4.74 Å². The van der Waals surface area contributed by atoms with E-state index in [1.807, 2.05) is 26.0 Å². The number of carbonyl (C=O) groups is 1. The average molecular weight is 485 g/mol. The van der Waals surface area contributed by atoms with Crippen LogP contribution in [0, 0.1) is 6.92 Å². The summed E-state index contributed by atoms with van der Waals surface area (Å²) in [5, 5.41) is 23.4. The SMILES string of the molecule is COC1(C)C(=O)N(C)c2cc3c(C)nnc(N[C@H](C)c4cccc(C(F)(F)C(C)(C)O)c4)c3cc21. The number of nitrogens with zero attached hydrogens (tertiary/aromatic N) is 3. The second-order valence-electron chi connectivity index (χ2n) is 9.78. The van der Waals surface area contributed by atoms with Crippen molar-refractivity contribution in [2.75, 3.05) is 24.4 Å². The molecule has 0 fully saturated rings. The van der Waals surface area contributed by atoms with Crippen LogP contribution in [0.1, 0.15) is 56.1 Å². The molecule has 2 N–H and O–H groups in total. The van der Waals surface area contributed by atoms with Gasteiger partial charge in [-0.15, -0.1) is 5.10 Å². The number of alkyl halides is 2. The minimum atomic E-state index is -3.43. The molecule has 0 spiro atoms. The number of rotatable bonds is 6. The largest absolute Gasteiger partial charge is 0.384 e. The van der Waals surface area contributed by atoms with E-state index >= 15 is 0 Å². The van der Waals surface area contributed by atoms with E-state index in [1.165, 1.54) is 19.2 Å². The van der Waals surface area contributed by atoms with Crippen molar-refractivity contribution in [2.45, 2.75) is 57.8 Å².